The van der Waals surface area contributed by atoms with Crippen molar-refractivity contribution in [3.8, 4) is 0 Å². The zero-order chi connectivity index (χ0) is 14.3. The molecule has 0 saturated carbocycles. The van der Waals surface area contributed by atoms with Crippen LogP contribution in [0.25, 0.3) is 0 Å². The fourth-order valence-electron chi connectivity index (χ4n) is 2.63. The minimum Gasteiger partial charge on any atom is -0.467 e. The fourth-order valence-corrected chi connectivity index (χ4v) is 4.14. The van der Waals surface area contributed by atoms with E-state index < -0.39 is 0 Å². The molecule has 1 aromatic heterocycles. The van der Waals surface area contributed by atoms with Crippen molar-refractivity contribution >= 4 is 23.4 Å². The van der Waals surface area contributed by atoms with E-state index in [1.807, 2.05) is 36.9 Å². The quantitative estimate of drug-likeness (QED) is 0.863. The van der Waals surface area contributed by atoms with E-state index in [9.17, 15) is 0 Å². The molecule has 2 N–H and O–H groups in total. The van der Waals surface area contributed by atoms with Gasteiger partial charge in [0.1, 0.15) is 10.9 Å². The number of furan rings is 1. The van der Waals surface area contributed by atoms with Gasteiger partial charge in [-0.15, -0.1) is 11.8 Å². The van der Waals surface area contributed by atoms with Crippen LogP contribution in [0.2, 0.25) is 0 Å². The molecule has 106 valence electrons. The maximum absolute atomic E-state index is 6.38. The Morgan fingerprint density at radius 1 is 1.50 bits per heavy atom. The highest BCUT2D eigenvalue weighted by Gasteiger charge is 2.35. The molecule has 1 aromatic rings. The number of rotatable bonds is 3. The van der Waals surface area contributed by atoms with Gasteiger partial charge >= 0.3 is 0 Å². The van der Waals surface area contributed by atoms with Crippen LogP contribution in [0, 0.1) is 0 Å². The summed E-state index contributed by atoms with van der Waals surface area (Å²) in [4.78, 5) is 3.33. The van der Waals surface area contributed by atoms with Crippen molar-refractivity contribution in [3.63, 3.8) is 0 Å². The normalized spacial score (nSPS) is 23.6. The molecule has 0 fully saturated rings. The van der Waals surface area contributed by atoms with E-state index in [0.29, 0.717) is 17.0 Å². The summed E-state index contributed by atoms with van der Waals surface area (Å²) < 4.78 is 5.44. The Morgan fingerprint density at radius 3 is 2.95 bits per heavy atom. The summed E-state index contributed by atoms with van der Waals surface area (Å²) in [7, 11) is 0. The SMILES string of the molecule is CC1=C2C(=CC=C(Cl)N2Cc2ccco2)SC1[C@H](C)N. The minimum atomic E-state index is 0.114. The van der Waals surface area contributed by atoms with Crippen LogP contribution in [0.3, 0.4) is 0 Å². The molecular weight excluding hydrogens is 292 g/mol. The summed E-state index contributed by atoms with van der Waals surface area (Å²) in [5.41, 5.74) is 8.56. The van der Waals surface area contributed by atoms with Crippen molar-refractivity contribution in [1.29, 1.82) is 0 Å². The van der Waals surface area contributed by atoms with Gasteiger partial charge in [0, 0.05) is 16.2 Å². The van der Waals surface area contributed by atoms with Crippen molar-refractivity contribution in [2.24, 2.45) is 5.73 Å². The van der Waals surface area contributed by atoms with E-state index in [-0.39, 0.29) is 6.04 Å². The average molecular weight is 309 g/mol. The van der Waals surface area contributed by atoms with Gasteiger partial charge in [-0.2, -0.15) is 0 Å². The molecule has 2 aliphatic rings. The third kappa shape index (κ3) is 2.32. The van der Waals surface area contributed by atoms with Gasteiger partial charge < -0.3 is 15.1 Å². The maximum atomic E-state index is 6.38. The van der Waals surface area contributed by atoms with Gasteiger partial charge in [0.05, 0.1) is 18.5 Å². The Hall–Kier alpha value is -1.10. The molecule has 0 radical (unpaired) electrons. The number of fused-ring (bicyclic) bond motifs is 1. The molecule has 2 aliphatic heterocycles. The Balaban J connectivity index is 1.96. The lowest BCUT2D eigenvalue weighted by Crippen LogP contribution is -2.29. The van der Waals surface area contributed by atoms with Crippen LogP contribution in [-0.2, 0) is 6.54 Å². The Bertz CT molecular complexity index is 601. The molecule has 0 aromatic carbocycles. The second-order valence-electron chi connectivity index (χ2n) is 5.12. The van der Waals surface area contributed by atoms with Gasteiger partial charge in [0.25, 0.3) is 0 Å². The smallest absolute Gasteiger partial charge is 0.123 e. The average Bonchev–Trinajstić information content (AvgIpc) is 3.01. The highest BCUT2D eigenvalue weighted by atomic mass is 35.5. The second-order valence-corrected chi connectivity index (χ2v) is 6.69. The van der Waals surface area contributed by atoms with Crippen molar-refractivity contribution < 1.29 is 4.42 Å². The molecule has 2 atom stereocenters. The van der Waals surface area contributed by atoms with Crippen LogP contribution >= 0.6 is 23.4 Å². The molecule has 5 heteroatoms. The fraction of sp³-hybridized carbons (Fsp3) is 0.333. The third-order valence-electron chi connectivity index (χ3n) is 3.56. The largest absolute Gasteiger partial charge is 0.467 e. The van der Waals surface area contributed by atoms with Gasteiger partial charge in [0.15, 0.2) is 0 Å². The van der Waals surface area contributed by atoms with Crippen molar-refractivity contribution in [2.75, 3.05) is 0 Å². The van der Waals surface area contributed by atoms with Gasteiger partial charge in [0.2, 0.25) is 0 Å². The first-order valence-corrected chi connectivity index (χ1v) is 7.84. The maximum Gasteiger partial charge on any atom is 0.123 e. The highest BCUT2D eigenvalue weighted by Crippen LogP contribution is 2.48. The summed E-state index contributed by atoms with van der Waals surface area (Å²) in [5, 5.41) is 1.02. The number of thioether (sulfide) groups is 1. The van der Waals surface area contributed by atoms with Crippen LogP contribution in [0.1, 0.15) is 19.6 Å². The van der Waals surface area contributed by atoms with Gasteiger partial charge in [-0.3, -0.25) is 0 Å². The van der Waals surface area contributed by atoms with E-state index in [1.54, 1.807) is 6.26 Å². The third-order valence-corrected chi connectivity index (χ3v) is 5.51. The molecular formula is C15H17ClN2OS. The Kier molecular flexibility index (Phi) is 3.71. The Labute approximate surface area is 128 Å². The number of hydrogen-bond acceptors (Lipinski definition) is 4. The summed E-state index contributed by atoms with van der Waals surface area (Å²) in [6.45, 7) is 4.83. The van der Waals surface area contributed by atoms with Crippen LogP contribution in [0.5, 0.6) is 0 Å². The number of nitrogens with zero attached hydrogens (tertiary/aromatic N) is 1. The zero-order valence-electron chi connectivity index (χ0n) is 11.5. The van der Waals surface area contributed by atoms with Crippen molar-refractivity contribution in [3.05, 3.63) is 57.6 Å². The van der Waals surface area contributed by atoms with E-state index in [1.165, 1.54) is 16.2 Å². The van der Waals surface area contributed by atoms with Gasteiger partial charge in [-0.25, -0.2) is 0 Å². The standard InChI is InChI=1S/C15H17ClN2OS/c1-9-14-12(20-15(9)10(2)17)5-6-13(16)18(14)8-11-4-3-7-19-11/h3-7,10,15H,8,17H2,1-2H3/t10-,15?/m0/s1. The van der Waals surface area contributed by atoms with Crippen LogP contribution in [0.4, 0.5) is 0 Å². The monoisotopic (exact) mass is 308 g/mol. The van der Waals surface area contributed by atoms with Crippen molar-refractivity contribution in [1.82, 2.24) is 4.90 Å². The molecule has 1 unspecified atom stereocenters. The van der Waals surface area contributed by atoms with E-state index >= 15 is 0 Å². The van der Waals surface area contributed by atoms with Crippen LogP contribution in [0.15, 0.2) is 56.3 Å². The van der Waals surface area contributed by atoms with Crippen molar-refractivity contribution in [2.45, 2.75) is 31.7 Å². The van der Waals surface area contributed by atoms with E-state index in [2.05, 4.69) is 17.9 Å². The lowest BCUT2D eigenvalue weighted by atomic mass is 10.0. The topological polar surface area (TPSA) is 42.4 Å². The van der Waals surface area contributed by atoms with E-state index in [0.717, 1.165) is 5.76 Å². The van der Waals surface area contributed by atoms with E-state index in [4.69, 9.17) is 21.8 Å². The number of nitrogens with two attached hydrogens (primary N) is 1. The first-order valence-electron chi connectivity index (χ1n) is 6.58. The summed E-state index contributed by atoms with van der Waals surface area (Å²) in [6, 6.07) is 3.97. The molecule has 3 heterocycles. The molecule has 0 aliphatic carbocycles. The summed E-state index contributed by atoms with van der Waals surface area (Å²) >= 11 is 8.20. The zero-order valence-corrected chi connectivity index (χ0v) is 13.0. The lowest BCUT2D eigenvalue weighted by Gasteiger charge is -2.28. The molecule has 20 heavy (non-hydrogen) atoms. The molecule has 0 saturated heterocycles. The van der Waals surface area contributed by atoms with Crippen LogP contribution in [-0.4, -0.2) is 16.2 Å². The summed E-state index contributed by atoms with van der Waals surface area (Å²) in [5.74, 6) is 0.896. The second kappa shape index (κ2) is 5.35. The first-order chi connectivity index (χ1) is 9.58. The molecule has 0 amide bonds. The van der Waals surface area contributed by atoms with Crippen LogP contribution < -0.4 is 5.73 Å². The highest BCUT2D eigenvalue weighted by molar-refractivity contribution is 8.04. The predicted octanol–water partition coefficient (Wildman–Crippen LogP) is 3.80. The molecule has 3 rings (SSSR count). The number of allylic oxidation sites excluding steroid dienone is 2. The molecule has 3 nitrogen and oxygen atoms in total. The molecule has 0 spiro atoms. The number of halogens is 1. The van der Waals surface area contributed by atoms with Gasteiger partial charge in [-0.1, -0.05) is 11.6 Å². The minimum absolute atomic E-state index is 0.114. The lowest BCUT2D eigenvalue weighted by molar-refractivity contribution is 0.383. The predicted molar refractivity (Wildman–Crippen MR) is 84.0 cm³/mol. The first kappa shape index (κ1) is 13.9. The number of hydrogen-bond donors (Lipinski definition) is 1. The molecule has 0 bridgehead atoms. The summed E-state index contributed by atoms with van der Waals surface area (Å²) in [6.07, 6.45) is 5.70. The van der Waals surface area contributed by atoms with Gasteiger partial charge in [-0.05, 0) is 43.7 Å². The Morgan fingerprint density at radius 2 is 2.30 bits per heavy atom.